The number of rotatable bonds is 14. The number of nitrogens with zero attached hydrogens (tertiary/aromatic N) is 1. The highest BCUT2D eigenvalue weighted by Gasteiger charge is 2.40. The number of nitrogens with one attached hydrogen (secondary N) is 2. The molecule has 2 aromatic carbocycles. The van der Waals surface area contributed by atoms with Crippen molar-refractivity contribution in [1.29, 1.82) is 0 Å². The molecule has 5 atom stereocenters. The van der Waals surface area contributed by atoms with Gasteiger partial charge in [-0.25, -0.2) is 8.78 Å². The monoisotopic (exact) mass is 571 g/mol. The number of aliphatic hydroxyl groups excluding tert-OH is 1. The van der Waals surface area contributed by atoms with Crippen molar-refractivity contribution in [3.8, 4) is 0 Å². The summed E-state index contributed by atoms with van der Waals surface area (Å²) in [6.45, 7) is 5.49. The smallest absolute Gasteiger partial charge is 0.225 e. The van der Waals surface area contributed by atoms with Crippen LogP contribution >= 0.6 is 0 Å². The summed E-state index contributed by atoms with van der Waals surface area (Å²) < 4.78 is 34.0. The molecule has 2 aliphatic heterocycles. The molecule has 0 aliphatic carbocycles. The molecule has 1 unspecified atom stereocenters. The molecule has 41 heavy (non-hydrogen) atoms. The van der Waals surface area contributed by atoms with Crippen LogP contribution < -0.4 is 10.6 Å². The van der Waals surface area contributed by atoms with Crippen LogP contribution in [0.2, 0.25) is 0 Å². The van der Waals surface area contributed by atoms with Crippen LogP contribution in [-0.2, 0) is 27.4 Å². The average Bonchev–Trinajstić information content (AvgIpc) is 3.58. The third-order valence-corrected chi connectivity index (χ3v) is 8.20. The molecule has 2 heterocycles. The van der Waals surface area contributed by atoms with Crippen LogP contribution in [0.3, 0.4) is 0 Å². The Morgan fingerprint density at radius 3 is 2.44 bits per heavy atom. The fraction of sp³-hybridized carbons (Fsp3) is 0.562. The van der Waals surface area contributed by atoms with Gasteiger partial charge in [-0.1, -0.05) is 57.0 Å². The standard InChI is InChI=1S/C32H43F2N3O4/c1-3-8-26(9-4-2)37-19-23(15-30(37)38)32(40)36-29(14-22-12-24(33)16-25(34)13-22)31(39)28-17-27(18-35-28)41-20-21-10-6-5-7-11-21/h5-7,10-13,16,23,26-29,31,35,39H,3-4,8-9,14-15,17-20H2,1-2H3,(H,36,40)/t23?,27-,28-,29+,31-/m1/s1. The zero-order valence-corrected chi connectivity index (χ0v) is 24.0. The highest BCUT2D eigenvalue weighted by Crippen LogP contribution is 2.26. The molecule has 0 spiro atoms. The first-order chi connectivity index (χ1) is 19.8. The Morgan fingerprint density at radius 1 is 1.10 bits per heavy atom. The van der Waals surface area contributed by atoms with Crippen LogP contribution in [0.1, 0.15) is 63.5 Å². The number of aliphatic hydroxyl groups is 1. The molecule has 0 aromatic heterocycles. The van der Waals surface area contributed by atoms with Gasteiger partial charge in [0.05, 0.1) is 30.8 Å². The Balaban J connectivity index is 1.43. The second-order valence-corrected chi connectivity index (χ2v) is 11.4. The van der Waals surface area contributed by atoms with Crippen LogP contribution in [0.4, 0.5) is 8.78 Å². The van der Waals surface area contributed by atoms with E-state index in [1.807, 2.05) is 35.2 Å². The number of carbonyl (C=O) groups is 2. The first-order valence-corrected chi connectivity index (χ1v) is 14.9. The lowest BCUT2D eigenvalue weighted by Crippen LogP contribution is -2.53. The Bertz CT molecular complexity index is 1120. The van der Waals surface area contributed by atoms with Gasteiger partial charge in [-0.3, -0.25) is 9.59 Å². The van der Waals surface area contributed by atoms with Crippen molar-refractivity contribution in [3.05, 3.63) is 71.3 Å². The Hall–Kier alpha value is -2.88. The summed E-state index contributed by atoms with van der Waals surface area (Å²) in [6, 6.07) is 11.9. The van der Waals surface area contributed by atoms with E-state index in [0.29, 0.717) is 31.7 Å². The van der Waals surface area contributed by atoms with Gasteiger partial charge in [0.25, 0.3) is 0 Å². The van der Waals surface area contributed by atoms with Gasteiger partial charge in [0.1, 0.15) is 11.6 Å². The lowest BCUT2D eigenvalue weighted by atomic mass is 9.94. The van der Waals surface area contributed by atoms with E-state index in [-0.39, 0.29) is 42.8 Å². The summed E-state index contributed by atoms with van der Waals surface area (Å²) in [5.74, 6) is -2.34. The first-order valence-electron chi connectivity index (χ1n) is 14.9. The molecule has 2 aliphatic rings. The molecule has 2 aromatic rings. The van der Waals surface area contributed by atoms with Gasteiger partial charge in [-0.05, 0) is 48.9 Å². The van der Waals surface area contributed by atoms with Crippen LogP contribution in [0.5, 0.6) is 0 Å². The van der Waals surface area contributed by atoms with Crippen LogP contribution in [-0.4, -0.2) is 65.2 Å². The van der Waals surface area contributed by atoms with Crippen molar-refractivity contribution in [3.63, 3.8) is 0 Å². The molecule has 4 rings (SSSR count). The topological polar surface area (TPSA) is 90.9 Å². The number of halogens is 2. The molecule has 9 heteroatoms. The summed E-state index contributed by atoms with van der Waals surface area (Å²) in [6.07, 6.45) is 3.18. The largest absolute Gasteiger partial charge is 0.389 e. The minimum absolute atomic E-state index is 0.0304. The summed E-state index contributed by atoms with van der Waals surface area (Å²) in [7, 11) is 0. The number of benzene rings is 2. The molecule has 0 bridgehead atoms. The van der Waals surface area contributed by atoms with Crippen molar-refractivity contribution in [2.45, 2.75) is 95.7 Å². The van der Waals surface area contributed by atoms with E-state index >= 15 is 0 Å². The Morgan fingerprint density at radius 2 is 1.78 bits per heavy atom. The van der Waals surface area contributed by atoms with Gasteiger partial charge in [-0.2, -0.15) is 0 Å². The van der Waals surface area contributed by atoms with E-state index in [1.165, 1.54) is 12.1 Å². The quantitative estimate of drug-likeness (QED) is 0.318. The fourth-order valence-corrected chi connectivity index (χ4v) is 6.11. The van der Waals surface area contributed by atoms with Gasteiger partial charge in [-0.15, -0.1) is 0 Å². The highest BCUT2D eigenvalue weighted by molar-refractivity contribution is 5.89. The number of carbonyl (C=O) groups excluding carboxylic acids is 2. The maximum atomic E-state index is 14.0. The van der Waals surface area contributed by atoms with Crippen LogP contribution in [0.15, 0.2) is 48.5 Å². The SMILES string of the molecule is CCCC(CCC)N1CC(C(=O)N[C@@H](Cc2cc(F)cc(F)c2)[C@H](O)[C@H]2C[C@@H](OCc3ccccc3)CN2)CC1=O. The van der Waals surface area contributed by atoms with Crippen molar-refractivity contribution < 1.29 is 28.2 Å². The summed E-state index contributed by atoms with van der Waals surface area (Å²) in [4.78, 5) is 28.2. The van der Waals surface area contributed by atoms with Crippen molar-refractivity contribution in [2.75, 3.05) is 13.1 Å². The molecule has 7 nitrogen and oxygen atoms in total. The van der Waals surface area contributed by atoms with Gasteiger partial charge < -0.3 is 25.4 Å². The second-order valence-electron chi connectivity index (χ2n) is 11.4. The predicted molar refractivity (Wildman–Crippen MR) is 153 cm³/mol. The lowest BCUT2D eigenvalue weighted by molar-refractivity contribution is -0.130. The second kappa shape index (κ2) is 14.8. The zero-order valence-electron chi connectivity index (χ0n) is 24.0. The predicted octanol–water partition coefficient (Wildman–Crippen LogP) is 4.12. The summed E-state index contributed by atoms with van der Waals surface area (Å²) >= 11 is 0. The molecule has 2 amide bonds. The molecule has 2 fully saturated rings. The van der Waals surface area contributed by atoms with Crippen LogP contribution in [0.25, 0.3) is 0 Å². The number of amides is 2. The molecule has 2 saturated heterocycles. The first kappa shape index (κ1) is 31.1. The van der Waals surface area contributed by atoms with E-state index < -0.39 is 29.7 Å². The van der Waals surface area contributed by atoms with E-state index in [4.69, 9.17) is 4.74 Å². The van der Waals surface area contributed by atoms with E-state index in [0.717, 1.165) is 37.3 Å². The van der Waals surface area contributed by atoms with Gasteiger partial charge >= 0.3 is 0 Å². The minimum atomic E-state index is -1.04. The Kier molecular flexibility index (Phi) is 11.2. The molecule has 0 saturated carbocycles. The summed E-state index contributed by atoms with van der Waals surface area (Å²) in [5.41, 5.74) is 1.38. The van der Waals surface area contributed by atoms with Crippen LogP contribution in [0, 0.1) is 17.6 Å². The number of likely N-dealkylation sites (tertiary alicyclic amines) is 1. The van der Waals surface area contributed by atoms with E-state index in [9.17, 15) is 23.5 Å². The number of hydrogen-bond donors (Lipinski definition) is 3. The van der Waals surface area contributed by atoms with Crippen molar-refractivity contribution >= 4 is 11.8 Å². The highest BCUT2D eigenvalue weighted by atomic mass is 19.1. The lowest BCUT2D eigenvalue weighted by Gasteiger charge is -2.30. The van der Waals surface area contributed by atoms with E-state index in [1.54, 1.807) is 0 Å². The molecular weight excluding hydrogens is 528 g/mol. The maximum Gasteiger partial charge on any atom is 0.225 e. The molecular formula is C32H43F2N3O4. The summed E-state index contributed by atoms with van der Waals surface area (Å²) in [5, 5.41) is 17.7. The van der Waals surface area contributed by atoms with Crippen molar-refractivity contribution in [1.82, 2.24) is 15.5 Å². The third-order valence-electron chi connectivity index (χ3n) is 8.20. The molecule has 224 valence electrons. The number of hydrogen-bond acceptors (Lipinski definition) is 5. The zero-order chi connectivity index (χ0) is 29.4. The molecule has 0 radical (unpaired) electrons. The third kappa shape index (κ3) is 8.56. The van der Waals surface area contributed by atoms with Gasteiger partial charge in [0.2, 0.25) is 11.8 Å². The number of ether oxygens (including phenoxy) is 1. The molecule has 3 N–H and O–H groups in total. The fourth-order valence-electron chi connectivity index (χ4n) is 6.11. The van der Waals surface area contributed by atoms with Gasteiger partial charge in [0, 0.05) is 37.7 Å². The van der Waals surface area contributed by atoms with E-state index in [2.05, 4.69) is 24.5 Å². The normalized spacial score (nSPS) is 22.3. The Labute approximate surface area is 241 Å². The average molecular weight is 572 g/mol. The van der Waals surface area contributed by atoms with Crippen molar-refractivity contribution in [2.24, 2.45) is 5.92 Å². The maximum absolute atomic E-state index is 14.0. The minimum Gasteiger partial charge on any atom is -0.389 e. The van der Waals surface area contributed by atoms with Gasteiger partial charge in [0.15, 0.2) is 0 Å².